The van der Waals surface area contributed by atoms with E-state index in [-0.39, 0.29) is 11.6 Å². The summed E-state index contributed by atoms with van der Waals surface area (Å²) in [4.78, 5) is 14.7. The maximum Gasteiger partial charge on any atom is 0.433 e. The molecule has 1 fully saturated rings. The molecule has 0 spiro atoms. The second-order valence-electron chi connectivity index (χ2n) is 3.78. The van der Waals surface area contributed by atoms with E-state index in [2.05, 4.69) is 10.3 Å². The standard InChI is InChI=1S/C10H8ClF3N2O/c11-8-6(9(17)15-5-1-2-5)3-4-7(16-8)10(12,13)14/h3-5H,1-2H2,(H,15,17). The number of hydrogen-bond donors (Lipinski definition) is 1. The Hall–Kier alpha value is -1.30. The molecule has 1 aliphatic rings. The van der Waals surface area contributed by atoms with E-state index < -0.39 is 22.9 Å². The average Bonchev–Trinajstić information content (AvgIpc) is 2.99. The summed E-state index contributed by atoms with van der Waals surface area (Å²) in [5, 5.41) is 2.19. The van der Waals surface area contributed by atoms with E-state index in [9.17, 15) is 18.0 Å². The van der Waals surface area contributed by atoms with Crippen LogP contribution in [0.2, 0.25) is 5.15 Å². The summed E-state index contributed by atoms with van der Waals surface area (Å²) in [6.07, 6.45) is -2.79. The van der Waals surface area contributed by atoms with Gasteiger partial charge in [-0.3, -0.25) is 4.79 Å². The SMILES string of the molecule is O=C(NC1CC1)c1ccc(C(F)(F)F)nc1Cl. The van der Waals surface area contributed by atoms with Crippen LogP contribution in [0, 0.1) is 0 Å². The fourth-order valence-electron chi connectivity index (χ4n) is 1.25. The number of hydrogen-bond acceptors (Lipinski definition) is 2. The molecule has 17 heavy (non-hydrogen) atoms. The van der Waals surface area contributed by atoms with Gasteiger partial charge in [0, 0.05) is 6.04 Å². The minimum Gasteiger partial charge on any atom is -0.349 e. The van der Waals surface area contributed by atoms with Crippen molar-refractivity contribution in [3.63, 3.8) is 0 Å². The largest absolute Gasteiger partial charge is 0.433 e. The van der Waals surface area contributed by atoms with Crippen LogP contribution >= 0.6 is 11.6 Å². The summed E-state index contributed by atoms with van der Waals surface area (Å²) >= 11 is 5.56. The minimum atomic E-state index is -4.56. The number of halogens is 4. The quantitative estimate of drug-likeness (QED) is 0.835. The molecule has 1 aromatic rings. The Labute approximate surface area is 100.0 Å². The lowest BCUT2D eigenvalue weighted by atomic mass is 10.2. The van der Waals surface area contributed by atoms with Crippen LogP contribution in [0.5, 0.6) is 0 Å². The van der Waals surface area contributed by atoms with Crippen molar-refractivity contribution in [2.45, 2.75) is 25.1 Å². The molecule has 1 N–H and O–H groups in total. The number of carbonyl (C=O) groups excluding carboxylic acids is 1. The average molecular weight is 265 g/mol. The molecule has 92 valence electrons. The molecule has 3 nitrogen and oxygen atoms in total. The van der Waals surface area contributed by atoms with Gasteiger partial charge in [0.15, 0.2) is 0 Å². The zero-order valence-corrected chi connectivity index (χ0v) is 9.27. The van der Waals surface area contributed by atoms with Gasteiger partial charge >= 0.3 is 6.18 Å². The van der Waals surface area contributed by atoms with Crippen molar-refractivity contribution < 1.29 is 18.0 Å². The number of carbonyl (C=O) groups is 1. The molecular weight excluding hydrogens is 257 g/mol. The summed E-state index contributed by atoms with van der Waals surface area (Å²) in [6.45, 7) is 0. The molecule has 0 radical (unpaired) electrons. The number of rotatable bonds is 2. The van der Waals surface area contributed by atoms with Crippen LogP contribution in [-0.2, 0) is 6.18 Å². The first-order chi connectivity index (χ1) is 7.88. The Morgan fingerprint density at radius 3 is 2.53 bits per heavy atom. The van der Waals surface area contributed by atoms with Crippen molar-refractivity contribution in [1.82, 2.24) is 10.3 Å². The van der Waals surface area contributed by atoms with E-state index in [1.807, 2.05) is 0 Å². The van der Waals surface area contributed by atoms with Crippen LogP contribution < -0.4 is 5.32 Å². The van der Waals surface area contributed by atoms with Crippen LogP contribution in [0.15, 0.2) is 12.1 Å². The number of nitrogens with zero attached hydrogens (tertiary/aromatic N) is 1. The minimum absolute atomic E-state index is 0.0356. The van der Waals surface area contributed by atoms with Crippen LogP contribution in [0.3, 0.4) is 0 Å². The summed E-state index contributed by atoms with van der Waals surface area (Å²) in [6, 6.07) is 1.89. The Balaban J connectivity index is 2.21. The van der Waals surface area contributed by atoms with Crippen LogP contribution in [0.25, 0.3) is 0 Å². The maximum atomic E-state index is 12.3. The molecule has 0 bridgehead atoms. The fourth-order valence-corrected chi connectivity index (χ4v) is 1.49. The van der Waals surface area contributed by atoms with Gasteiger partial charge < -0.3 is 5.32 Å². The molecule has 1 aliphatic carbocycles. The number of nitrogens with one attached hydrogen (secondary N) is 1. The molecule has 0 unspecified atom stereocenters. The van der Waals surface area contributed by atoms with Crippen molar-refractivity contribution in [3.8, 4) is 0 Å². The summed E-state index contributed by atoms with van der Waals surface area (Å²) in [5.41, 5.74) is -1.14. The maximum absolute atomic E-state index is 12.3. The molecule has 0 saturated heterocycles. The lowest BCUT2D eigenvalue weighted by Crippen LogP contribution is -2.26. The molecule has 7 heteroatoms. The number of aromatic nitrogens is 1. The van der Waals surface area contributed by atoms with Crippen molar-refractivity contribution >= 4 is 17.5 Å². The molecule has 1 amide bonds. The summed E-state index contributed by atoms with van der Waals surface area (Å²) in [7, 11) is 0. The molecule has 1 heterocycles. The van der Waals surface area contributed by atoms with Crippen LogP contribution in [-0.4, -0.2) is 16.9 Å². The van der Waals surface area contributed by atoms with E-state index >= 15 is 0 Å². The van der Waals surface area contributed by atoms with Gasteiger partial charge in [-0.1, -0.05) is 11.6 Å². The summed E-state index contributed by atoms with van der Waals surface area (Å²) in [5.74, 6) is -0.487. The van der Waals surface area contributed by atoms with Crippen LogP contribution in [0.4, 0.5) is 13.2 Å². The van der Waals surface area contributed by atoms with E-state index in [4.69, 9.17) is 11.6 Å². The normalized spacial score (nSPS) is 15.8. The smallest absolute Gasteiger partial charge is 0.349 e. The zero-order valence-electron chi connectivity index (χ0n) is 8.51. The fraction of sp³-hybridized carbons (Fsp3) is 0.400. The number of amides is 1. The summed E-state index contributed by atoms with van der Waals surface area (Å²) < 4.78 is 36.9. The first kappa shape index (κ1) is 12.2. The highest BCUT2D eigenvalue weighted by Crippen LogP contribution is 2.29. The Morgan fingerprint density at radius 2 is 2.06 bits per heavy atom. The topological polar surface area (TPSA) is 42.0 Å². The third kappa shape index (κ3) is 2.88. The highest BCUT2D eigenvalue weighted by molar-refractivity contribution is 6.32. The van der Waals surface area contributed by atoms with E-state index in [0.29, 0.717) is 0 Å². The van der Waals surface area contributed by atoms with Crippen molar-refractivity contribution in [1.29, 1.82) is 0 Å². The molecule has 0 aliphatic heterocycles. The predicted octanol–water partition coefficient (Wildman–Crippen LogP) is 2.65. The molecular formula is C10H8ClF3N2O. The third-order valence-electron chi connectivity index (χ3n) is 2.30. The van der Waals surface area contributed by atoms with Crippen molar-refractivity contribution in [2.24, 2.45) is 0 Å². The highest BCUT2D eigenvalue weighted by atomic mass is 35.5. The van der Waals surface area contributed by atoms with Gasteiger partial charge in [0.1, 0.15) is 10.8 Å². The molecule has 0 atom stereocenters. The van der Waals surface area contributed by atoms with E-state index in [0.717, 1.165) is 25.0 Å². The van der Waals surface area contributed by atoms with Gasteiger partial charge in [-0.05, 0) is 25.0 Å². The number of alkyl halides is 3. The highest BCUT2D eigenvalue weighted by Gasteiger charge is 2.33. The molecule has 1 saturated carbocycles. The first-order valence-electron chi connectivity index (χ1n) is 4.92. The number of pyridine rings is 1. The van der Waals surface area contributed by atoms with Crippen LogP contribution in [0.1, 0.15) is 28.9 Å². The zero-order chi connectivity index (χ0) is 12.6. The molecule has 0 aromatic carbocycles. The molecule has 2 rings (SSSR count). The van der Waals surface area contributed by atoms with Gasteiger partial charge in [-0.2, -0.15) is 13.2 Å². The Bertz CT molecular complexity index is 457. The van der Waals surface area contributed by atoms with Gasteiger partial charge in [-0.25, -0.2) is 4.98 Å². The lowest BCUT2D eigenvalue weighted by molar-refractivity contribution is -0.141. The van der Waals surface area contributed by atoms with Gasteiger partial charge in [-0.15, -0.1) is 0 Å². The van der Waals surface area contributed by atoms with E-state index in [1.54, 1.807) is 0 Å². The predicted molar refractivity (Wildman–Crippen MR) is 54.7 cm³/mol. The van der Waals surface area contributed by atoms with Gasteiger partial charge in [0.05, 0.1) is 5.56 Å². The van der Waals surface area contributed by atoms with Crippen molar-refractivity contribution in [2.75, 3.05) is 0 Å². The Kier molecular flexibility index (Phi) is 2.99. The Morgan fingerprint density at radius 1 is 1.41 bits per heavy atom. The lowest BCUT2D eigenvalue weighted by Gasteiger charge is -2.08. The van der Waals surface area contributed by atoms with E-state index in [1.165, 1.54) is 0 Å². The van der Waals surface area contributed by atoms with Crippen molar-refractivity contribution in [3.05, 3.63) is 28.5 Å². The third-order valence-corrected chi connectivity index (χ3v) is 2.58. The van der Waals surface area contributed by atoms with Gasteiger partial charge in [0.25, 0.3) is 5.91 Å². The first-order valence-corrected chi connectivity index (χ1v) is 5.30. The second-order valence-corrected chi connectivity index (χ2v) is 4.14. The second kappa shape index (κ2) is 4.18. The van der Waals surface area contributed by atoms with Gasteiger partial charge in [0.2, 0.25) is 0 Å². The monoisotopic (exact) mass is 264 g/mol. The molecule has 1 aromatic heterocycles.